The molecule has 0 spiro atoms. The van der Waals surface area contributed by atoms with Crippen LogP contribution in [0.25, 0.3) is 17.1 Å². The summed E-state index contributed by atoms with van der Waals surface area (Å²) in [6.45, 7) is 2.26. The van der Waals surface area contributed by atoms with Crippen molar-refractivity contribution >= 4 is 11.8 Å². The van der Waals surface area contributed by atoms with Crippen LogP contribution in [0.5, 0.6) is 11.5 Å². The first kappa shape index (κ1) is 21.0. The summed E-state index contributed by atoms with van der Waals surface area (Å²) in [5.41, 5.74) is 2.94. The van der Waals surface area contributed by atoms with E-state index in [1.54, 1.807) is 30.3 Å². The van der Waals surface area contributed by atoms with Crippen LogP contribution in [0, 0.1) is 0 Å². The maximum atomic E-state index is 13.2. The summed E-state index contributed by atoms with van der Waals surface area (Å²) in [6.07, 6.45) is 3.56. The van der Waals surface area contributed by atoms with Gasteiger partial charge in [-0.2, -0.15) is 0 Å². The van der Waals surface area contributed by atoms with E-state index in [1.165, 1.54) is 0 Å². The number of hydrogen-bond donors (Lipinski definition) is 1. The van der Waals surface area contributed by atoms with Gasteiger partial charge in [-0.15, -0.1) is 0 Å². The topological polar surface area (TPSA) is 94.9 Å². The van der Waals surface area contributed by atoms with Gasteiger partial charge in [0.25, 0.3) is 11.8 Å². The number of nitrogens with zero attached hydrogens (tertiary/aromatic N) is 3. The van der Waals surface area contributed by atoms with Crippen LogP contribution >= 0.6 is 0 Å². The minimum absolute atomic E-state index is 0.0613. The molecular formula is C24H24N4O5. The second kappa shape index (κ2) is 8.95. The highest BCUT2D eigenvalue weighted by Gasteiger charge is 2.21. The molecule has 4 bridgehead atoms. The van der Waals surface area contributed by atoms with E-state index in [9.17, 15) is 9.59 Å². The summed E-state index contributed by atoms with van der Waals surface area (Å²) in [4.78, 5) is 32.0. The molecule has 3 heterocycles. The van der Waals surface area contributed by atoms with Gasteiger partial charge in [0.05, 0.1) is 20.3 Å². The Bertz CT molecular complexity index is 1200. The third-order valence-corrected chi connectivity index (χ3v) is 5.71. The third kappa shape index (κ3) is 4.27. The number of ether oxygens (including phenoxy) is 3. The molecule has 0 aliphatic carbocycles. The Labute approximate surface area is 190 Å². The molecule has 2 amide bonds. The molecule has 0 radical (unpaired) electrons. The second-order valence-electron chi connectivity index (χ2n) is 7.84. The van der Waals surface area contributed by atoms with E-state index in [1.807, 2.05) is 35.0 Å². The molecule has 170 valence electrons. The van der Waals surface area contributed by atoms with E-state index in [0.29, 0.717) is 49.2 Å². The van der Waals surface area contributed by atoms with Gasteiger partial charge in [-0.1, -0.05) is 0 Å². The number of rotatable bonds is 2. The van der Waals surface area contributed by atoms with Gasteiger partial charge in [0.1, 0.15) is 5.82 Å². The maximum absolute atomic E-state index is 13.2. The van der Waals surface area contributed by atoms with Crippen molar-refractivity contribution in [2.75, 3.05) is 40.0 Å². The predicted molar refractivity (Wildman–Crippen MR) is 120 cm³/mol. The Morgan fingerprint density at radius 3 is 2.82 bits per heavy atom. The van der Waals surface area contributed by atoms with Crippen molar-refractivity contribution in [3.8, 4) is 28.6 Å². The summed E-state index contributed by atoms with van der Waals surface area (Å²) in [6, 6.07) is 11.1. The van der Waals surface area contributed by atoms with Crippen molar-refractivity contribution < 1.29 is 23.8 Å². The number of hydrogen-bond acceptors (Lipinski definition) is 6. The molecule has 5 rings (SSSR count). The number of carbonyl (C=O) groups is 2. The molecule has 2 aliphatic rings. The van der Waals surface area contributed by atoms with E-state index < -0.39 is 0 Å². The molecular weight excluding hydrogens is 424 g/mol. The molecule has 3 aromatic rings. The highest BCUT2D eigenvalue weighted by Crippen LogP contribution is 2.33. The van der Waals surface area contributed by atoms with Crippen molar-refractivity contribution in [2.45, 2.75) is 6.54 Å². The molecule has 9 heteroatoms. The number of methoxy groups -OCH3 is 1. The Balaban J connectivity index is 1.62. The van der Waals surface area contributed by atoms with Crippen LogP contribution in [-0.4, -0.2) is 66.3 Å². The zero-order chi connectivity index (χ0) is 22.8. The number of nitrogens with one attached hydrogen (secondary N) is 1. The first-order valence-electron chi connectivity index (χ1n) is 10.7. The first-order valence-corrected chi connectivity index (χ1v) is 10.7. The molecule has 2 aliphatic heterocycles. The number of morpholine rings is 1. The smallest absolute Gasteiger partial charge is 0.258 e. The SMILES string of the molecule is COc1ccc2cc1OCC(=O)NCc1cc(C(=O)N3CCOCC3)cc(c1)-n1ccnc1-2. The normalized spacial score (nSPS) is 15.8. The largest absolute Gasteiger partial charge is 0.493 e. The van der Waals surface area contributed by atoms with E-state index >= 15 is 0 Å². The quantitative estimate of drug-likeness (QED) is 0.645. The summed E-state index contributed by atoms with van der Waals surface area (Å²) in [5, 5.41) is 2.86. The fourth-order valence-corrected chi connectivity index (χ4v) is 4.04. The van der Waals surface area contributed by atoms with E-state index in [2.05, 4.69) is 10.3 Å². The van der Waals surface area contributed by atoms with Crippen LogP contribution in [0.15, 0.2) is 48.8 Å². The van der Waals surface area contributed by atoms with Crippen LogP contribution in [0.2, 0.25) is 0 Å². The Morgan fingerprint density at radius 2 is 2.00 bits per heavy atom. The van der Waals surface area contributed by atoms with Crippen molar-refractivity contribution in [1.29, 1.82) is 0 Å². The molecule has 0 atom stereocenters. The summed E-state index contributed by atoms with van der Waals surface area (Å²) >= 11 is 0. The second-order valence-corrected chi connectivity index (χ2v) is 7.84. The summed E-state index contributed by atoms with van der Waals surface area (Å²) in [5.74, 6) is 1.33. The molecule has 1 saturated heterocycles. The highest BCUT2D eigenvalue weighted by molar-refractivity contribution is 5.95. The molecule has 1 fully saturated rings. The number of benzene rings is 2. The molecule has 0 unspecified atom stereocenters. The fraction of sp³-hybridized carbons (Fsp3) is 0.292. The summed E-state index contributed by atoms with van der Waals surface area (Å²) in [7, 11) is 1.55. The standard InChI is InChI=1S/C24H24N4O5/c1-31-20-3-2-17-13-21(20)33-15-22(29)26-14-16-10-18(24(30)27-6-8-32-9-7-27)12-19(11-16)28-5-4-25-23(17)28/h2-5,10-13H,6-9,14-15H2,1H3,(H,26,29). The maximum Gasteiger partial charge on any atom is 0.258 e. The van der Waals surface area contributed by atoms with Crippen LogP contribution < -0.4 is 14.8 Å². The monoisotopic (exact) mass is 448 g/mol. The van der Waals surface area contributed by atoms with Crippen LogP contribution in [0.3, 0.4) is 0 Å². The number of imidazole rings is 1. The molecule has 9 nitrogen and oxygen atoms in total. The minimum atomic E-state index is -0.272. The van der Waals surface area contributed by atoms with Gasteiger partial charge in [-0.3, -0.25) is 14.2 Å². The zero-order valence-corrected chi connectivity index (χ0v) is 18.2. The Morgan fingerprint density at radius 1 is 1.15 bits per heavy atom. The third-order valence-electron chi connectivity index (χ3n) is 5.71. The van der Waals surface area contributed by atoms with Gasteiger partial charge in [0, 0.05) is 48.8 Å². The fourth-order valence-electron chi connectivity index (χ4n) is 4.04. The molecule has 1 aromatic heterocycles. The first-order chi connectivity index (χ1) is 16.1. The lowest BCUT2D eigenvalue weighted by atomic mass is 10.1. The predicted octanol–water partition coefficient (Wildman–Crippen LogP) is 2.03. The Kier molecular flexibility index (Phi) is 5.70. The van der Waals surface area contributed by atoms with Crippen molar-refractivity contribution in [2.24, 2.45) is 0 Å². The van der Waals surface area contributed by atoms with Crippen LogP contribution in [0.4, 0.5) is 0 Å². The highest BCUT2D eigenvalue weighted by atomic mass is 16.5. The number of carbonyl (C=O) groups excluding carboxylic acids is 2. The van der Waals surface area contributed by atoms with E-state index in [4.69, 9.17) is 14.2 Å². The lowest BCUT2D eigenvalue weighted by Gasteiger charge is -2.27. The number of fused-ring (bicyclic) bond motifs is 7. The molecule has 33 heavy (non-hydrogen) atoms. The zero-order valence-electron chi connectivity index (χ0n) is 18.2. The van der Waals surface area contributed by atoms with Crippen molar-refractivity contribution in [3.63, 3.8) is 0 Å². The van der Waals surface area contributed by atoms with Gasteiger partial charge in [0.2, 0.25) is 0 Å². The van der Waals surface area contributed by atoms with E-state index in [0.717, 1.165) is 16.8 Å². The lowest BCUT2D eigenvalue weighted by Crippen LogP contribution is -2.40. The van der Waals surface area contributed by atoms with Gasteiger partial charge < -0.3 is 24.4 Å². The van der Waals surface area contributed by atoms with Gasteiger partial charge >= 0.3 is 0 Å². The van der Waals surface area contributed by atoms with Crippen LogP contribution in [-0.2, 0) is 16.1 Å². The molecule has 0 saturated carbocycles. The van der Waals surface area contributed by atoms with Crippen LogP contribution in [0.1, 0.15) is 15.9 Å². The van der Waals surface area contributed by atoms with Gasteiger partial charge in [0.15, 0.2) is 18.1 Å². The van der Waals surface area contributed by atoms with Crippen molar-refractivity contribution in [3.05, 3.63) is 59.9 Å². The van der Waals surface area contributed by atoms with E-state index in [-0.39, 0.29) is 25.0 Å². The average Bonchev–Trinajstić information content (AvgIpc) is 3.35. The lowest BCUT2D eigenvalue weighted by molar-refractivity contribution is -0.123. The molecule has 1 N–H and O–H groups in total. The summed E-state index contributed by atoms with van der Waals surface area (Å²) < 4.78 is 18.4. The Hall–Kier alpha value is -3.85. The molecule has 2 aromatic carbocycles. The minimum Gasteiger partial charge on any atom is -0.493 e. The van der Waals surface area contributed by atoms with Gasteiger partial charge in [-0.05, 0) is 42.0 Å². The van der Waals surface area contributed by atoms with Crippen molar-refractivity contribution in [1.82, 2.24) is 19.8 Å². The number of aromatic nitrogens is 2. The van der Waals surface area contributed by atoms with Gasteiger partial charge in [-0.25, -0.2) is 4.98 Å². The number of amides is 2. The average molecular weight is 448 g/mol.